The van der Waals surface area contributed by atoms with Crippen molar-refractivity contribution in [3.63, 3.8) is 0 Å². The van der Waals surface area contributed by atoms with Gasteiger partial charge in [-0.2, -0.15) is 0 Å². The number of amides is 1. The summed E-state index contributed by atoms with van der Waals surface area (Å²) in [5.41, 5.74) is 6.21. The SMILES string of the molecule is COC(=O)c1cc(NC(=O)C(N)C2CCOCC2)cc(S(C)(=O)=O)c1.Cl. The zero-order chi connectivity index (χ0) is 18.6. The van der Waals surface area contributed by atoms with Gasteiger partial charge in [0.2, 0.25) is 5.91 Å². The molecule has 0 radical (unpaired) electrons. The van der Waals surface area contributed by atoms with E-state index in [2.05, 4.69) is 10.1 Å². The molecule has 0 bridgehead atoms. The van der Waals surface area contributed by atoms with Crippen molar-refractivity contribution in [3.8, 4) is 0 Å². The number of benzene rings is 1. The van der Waals surface area contributed by atoms with Gasteiger partial charge in [0.05, 0.1) is 23.6 Å². The maximum Gasteiger partial charge on any atom is 0.337 e. The summed E-state index contributed by atoms with van der Waals surface area (Å²) in [4.78, 5) is 24.0. The molecule has 1 fully saturated rings. The highest BCUT2D eigenvalue weighted by atomic mass is 35.5. The zero-order valence-corrected chi connectivity index (χ0v) is 16.2. The number of nitrogens with one attached hydrogen (secondary N) is 1. The van der Waals surface area contributed by atoms with E-state index in [0.717, 1.165) is 6.26 Å². The van der Waals surface area contributed by atoms with E-state index in [1.54, 1.807) is 0 Å². The Morgan fingerprint density at radius 2 is 1.88 bits per heavy atom. The number of ether oxygens (including phenoxy) is 2. The maximum atomic E-state index is 12.4. The van der Waals surface area contributed by atoms with Crippen LogP contribution in [-0.2, 0) is 24.1 Å². The molecule has 1 heterocycles. The van der Waals surface area contributed by atoms with Crippen molar-refractivity contribution in [2.24, 2.45) is 11.7 Å². The van der Waals surface area contributed by atoms with Crippen LogP contribution >= 0.6 is 12.4 Å². The molecule has 1 aromatic rings. The first-order valence-electron chi connectivity index (χ1n) is 7.80. The lowest BCUT2D eigenvalue weighted by Crippen LogP contribution is -2.44. The molecule has 26 heavy (non-hydrogen) atoms. The van der Waals surface area contributed by atoms with Gasteiger partial charge < -0.3 is 20.5 Å². The van der Waals surface area contributed by atoms with Gasteiger partial charge in [0.15, 0.2) is 9.84 Å². The van der Waals surface area contributed by atoms with E-state index in [4.69, 9.17) is 10.5 Å². The van der Waals surface area contributed by atoms with Crippen LogP contribution in [0.25, 0.3) is 0 Å². The van der Waals surface area contributed by atoms with E-state index in [1.807, 2.05) is 0 Å². The number of carbonyl (C=O) groups excluding carboxylic acids is 2. The number of nitrogens with two attached hydrogens (primary N) is 1. The third-order valence-corrected chi connectivity index (χ3v) is 5.19. The molecule has 1 saturated heterocycles. The van der Waals surface area contributed by atoms with Gasteiger partial charge in [0.1, 0.15) is 0 Å². The van der Waals surface area contributed by atoms with Gasteiger partial charge >= 0.3 is 5.97 Å². The number of carbonyl (C=O) groups is 2. The number of anilines is 1. The van der Waals surface area contributed by atoms with Crippen LogP contribution in [0.5, 0.6) is 0 Å². The Kier molecular flexibility index (Phi) is 8.01. The Morgan fingerprint density at radius 1 is 1.27 bits per heavy atom. The van der Waals surface area contributed by atoms with E-state index in [1.165, 1.54) is 25.3 Å². The van der Waals surface area contributed by atoms with Crippen LogP contribution in [0, 0.1) is 5.92 Å². The van der Waals surface area contributed by atoms with Crippen LogP contribution in [0.2, 0.25) is 0 Å². The molecule has 10 heteroatoms. The molecule has 0 saturated carbocycles. The minimum atomic E-state index is -3.57. The van der Waals surface area contributed by atoms with Gasteiger partial charge in [0.25, 0.3) is 0 Å². The van der Waals surface area contributed by atoms with Gasteiger partial charge in [-0.15, -0.1) is 12.4 Å². The molecule has 1 unspecified atom stereocenters. The van der Waals surface area contributed by atoms with Crippen LogP contribution in [-0.4, -0.2) is 52.9 Å². The van der Waals surface area contributed by atoms with Crippen molar-refractivity contribution in [2.45, 2.75) is 23.8 Å². The normalized spacial score (nSPS) is 16.3. The van der Waals surface area contributed by atoms with Crippen LogP contribution in [0.3, 0.4) is 0 Å². The van der Waals surface area contributed by atoms with Crippen LogP contribution in [0.4, 0.5) is 5.69 Å². The lowest BCUT2D eigenvalue weighted by Gasteiger charge is -2.26. The molecule has 1 aliphatic heterocycles. The number of hydrogen-bond donors (Lipinski definition) is 2. The van der Waals surface area contributed by atoms with Crippen molar-refractivity contribution in [2.75, 3.05) is 31.9 Å². The van der Waals surface area contributed by atoms with Gasteiger partial charge in [-0.1, -0.05) is 0 Å². The standard InChI is InChI=1S/C16H22N2O6S.ClH/c1-23-16(20)11-7-12(9-13(8-11)25(2,21)22)18-15(19)14(17)10-3-5-24-6-4-10;/h7-10,14H,3-6,17H2,1-2H3,(H,18,19);1H. The predicted octanol–water partition coefficient (Wildman–Crippen LogP) is 0.991. The molecule has 2 rings (SSSR count). The second-order valence-corrected chi connectivity index (χ2v) is 7.99. The summed E-state index contributed by atoms with van der Waals surface area (Å²) in [6.45, 7) is 1.11. The predicted molar refractivity (Wildman–Crippen MR) is 98.3 cm³/mol. The van der Waals surface area contributed by atoms with Crippen molar-refractivity contribution in [1.29, 1.82) is 0 Å². The lowest BCUT2D eigenvalue weighted by atomic mass is 9.92. The Morgan fingerprint density at radius 3 is 2.42 bits per heavy atom. The van der Waals surface area contributed by atoms with Crippen molar-refractivity contribution < 1.29 is 27.5 Å². The van der Waals surface area contributed by atoms with Crippen molar-refractivity contribution >= 4 is 39.8 Å². The second-order valence-electron chi connectivity index (χ2n) is 5.97. The lowest BCUT2D eigenvalue weighted by molar-refractivity contribution is -0.119. The summed E-state index contributed by atoms with van der Waals surface area (Å²) in [6.07, 6.45) is 2.39. The van der Waals surface area contributed by atoms with Crippen molar-refractivity contribution in [3.05, 3.63) is 23.8 Å². The molecule has 1 aliphatic rings. The van der Waals surface area contributed by atoms with E-state index >= 15 is 0 Å². The number of sulfone groups is 1. The molecule has 8 nitrogen and oxygen atoms in total. The minimum Gasteiger partial charge on any atom is -0.465 e. The third-order valence-electron chi connectivity index (χ3n) is 4.10. The maximum absolute atomic E-state index is 12.4. The van der Waals surface area contributed by atoms with E-state index < -0.39 is 27.8 Å². The van der Waals surface area contributed by atoms with E-state index in [9.17, 15) is 18.0 Å². The molecule has 0 spiro atoms. The third kappa shape index (κ3) is 5.66. The topological polar surface area (TPSA) is 125 Å². The highest BCUT2D eigenvalue weighted by molar-refractivity contribution is 7.90. The Labute approximate surface area is 158 Å². The molecule has 1 aromatic carbocycles. The molecular weight excluding hydrogens is 384 g/mol. The smallest absolute Gasteiger partial charge is 0.337 e. The fourth-order valence-corrected chi connectivity index (χ4v) is 3.32. The van der Waals surface area contributed by atoms with Crippen molar-refractivity contribution in [1.82, 2.24) is 0 Å². The van der Waals surface area contributed by atoms with E-state index in [-0.39, 0.29) is 34.5 Å². The summed E-state index contributed by atoms with van der Waals surface area (Å²) in [6, 6.07) is 3.10. The first kappa shape index (κ1) is 22.4. The fraction of sp³-hybridized carbons (Fsp3) is 0.500. The largest absolute Gasteiger partial charge is 0.465 e. The summed E-state index contributed by atoms with van der Waals surface area (Å²) >= 11 is 0. The number of hydrogen-bond acceptors (Lipinski definition) is 7. The van der Waals surface area contributed by atoms with Gasteiger partial charge in [-0.3, -0.25) is 4.79 Å². The number of halogens is 1. The van der Waals surface area contributed by atoms with E-state index in [0.29, 0.717) is 26.1 Å². The summed E-state index contributed by atoms with van der Waals surface area (Å²) in [7, 11) is -2.38. The molecule has 0 aromatic heterocycles. The summed E-state index contributed by atoms with van der Waals surface area (Å²) in [5.74, 6) is -1.14. The molecular formula is C16H23ClN2O6S. The van der Waals surface area contributed by atoms with Crippen LogP contribution in [0.15, 0.2) is 23.1 Å². The minimum absolute atomic E-state index is 0. The summed E-state index contributed by atoms with van der Waals surface area (Å²) < 4.78 is 33.5. The second kappa shape index (κ2) is 9.31. The van der Waals surface area contributed by atoms with Gasteiger partial charge in [-0.25, -0.2) is 13.2 Å². The monoisotopic (exact) mass is 406 g/mol. The molecule has 0 aliphatic carbocycles. The van der Waals surface area contributed by atoms with Crippen LogP contribution in [0.1, 0.15) is 23.2 Å². The number of rotatable bonds is 5. The average Bonchev–Trinajstić information content (AvgIpc) is 2.60. The molecule has 1 amide bonds. The zero-order valence-electron chi connectivity index (χ0n) is 14.6. The highest BCUT2D eigenvalue weighted by Gasteiger charge is 2.27. The average molecular weight is 407 g/mol. The first-order chi connectivity index (χ1) is 11.7. The highest BCUT2D eigenvalue weighted by Crippen LogP contribution is 2.22. The Hall–Kier alpha value is -1.68. The fourth-order valence-electron chi connectivity index (χ4n) is 2.64. The number of esters is 1. The molecule has 146 valence electrons. The van der Waals surface area contributed by atoms with Gasteiger partial charge in [-0.05, 0) is 37.0 Å². The van der Waals surface area contributed by atoms with Crippen LogP contribution < -0.4 is 11.1 Å². The number of methoxy groups -OCH3 is 1. The molecule has 1 atom stereocenters. The Balaban J connectivity index is 0.00000338. The molecule has 3 N–H and O–H groups in total. The Bertz CT molecular complexity index is 762. The quantitative estimate of drug-likeness (QED) is 0.698. The first-order valence-corrected chi connectivity index (χ1v) is 9.69. The van der Waals surface area contributed by atoms with Gasteiger partial charge in [0, 0.05) is 25.2 Å². The summed E-state index contributed by atoms with van der Waals surface area (Å²) in [5, 5.41) is 2.59.